The molecule has 0 saturated heterocycles. The van der Waals surface area contributed by atoms with Crippen molar-refractivity contribution in [1.82, 2.24) is 0 Å². The molecule has 18 rings (SSSR count). The Morgan fingerprint density at radius 1 is 0.174 bits per heavy atom. The van der Waals surface area contributed by atoms with Crippen LogP contribution in [0.15, 0.2) is 72.8 Å². The minimum absolute atomic E-state index is 0. The molecule has 0 radical (unpaired) electrons. The second-order valence-corrected chi connectivity index (χ2v) is 38.2. The summed E-state index contributed by atoms with van der Waals surface area (Å²) < 4.78 is 0. The van der Waals surface area contributed by atoms with Crippen LogP contribution in [0.4, 0.5) is 34.1 Å². The summed E-state index contributed by atoms with van der Waals surface area (Å²) in [5.41, 5.74) is 38.5. The Bertz CT molecular complexity index is 4240. The lowest BCUT2D eigenvalue weighted by molar-refractivity contribution is 0.526. The highest BCUT2D eigenvalue weighted by Gasteiger charge is 2.45. The van der Waals surface area contributed by atoms with Crippen molar-refractivity contribution < 1.29 is 0 Å². The van der Waals surface area contributed by atoms with E-state index in [-0.39, 0.29) is 89.1 Å². The summed E-state index contributed by atoms with van der Waals surface area (Å²) in [6.45, 7) is 126. The zero-order chi connectivity index (χ0) is 102. The van der Waals surface area contributed by atoms with Crippen molar-refractivity contribution in [2.45, 2.75) is 609 Å². The van der Waals surface area contributed by atoms with Gasteiger partial charge in [-0.15, -0.1) is 0 Å². The van der Waals surface area contributed by atoms with Gasteiger partial charge in [0.25, 0.3) is 0 Å². The molecule has 6 aromatic carbocycles. The van der Waals surface area contributed by atoms with E-state index in [0.717, 1.165) is 110 Å². The van der Waals surface area contributed by atoms with Gasteiger partial charge in [0.05, 0.1) is 0 Å². The van der Waals surface area contributed by atoms with Gasteiger partial charge in [-0.25, -0.2) is 0 Å². The predicted molar refractivity (Wildman–Crippen MR) is 689 cm³/mol. The van der Waals surface area contributed by atoms with E-state index in [9.17, 15) is 0 Å². The molecular formula is C138H270N6. The average Bonchev–Trinajstić information content (AvgIpc) is 1.58. The van der Waals surface area contributed by atoms with Crippen molar-refractivity contribution in [3.05, 3.63) is 173 Å². The molecule has 6 heteroatoms. The summed E-state index contributed by atoms with van der Waals surface area (Å²) in [7, 11) is 0. The highest BCUT2D eigenvalue weighted by Crippen LogP contribution is 2.57. The average molecular weight is 2010 g/mol. The fourth-order valence-electron chi connectivity index (χ4n) is 24.1. The lowest BCUT2D eigenvalue weighted by Gasteiger charge is -2.27. The van der Waals surface area contributed by atoms with E-state index in [1.807, 2.05) is 166 Å². The van der Waals surface area contributed by atoms with E-state index in [4.69, 9.17) is 0 Å². The first-order valence-electron chi connectivity index (χ1n) is 56.9. The molecule has 0 aromatic heterocycles. The van der Waals surface area contributed by atoms with Gasteiger partial charge in [-0.3, -0.25) is 0 Å². The summed E-state index contributed by atoms with van der Waals surface area (Å²) in [6, 6.07) is 33.1. The highest BCUT2D eigenvalue weighted by atomic mass is 15.2. The van der Waals surface area contributed by atoms with Gasteiger partial charge in [-0.2, -0.15) is 0 Å². The minimum atomic E-state index is 0. The molecule has 12 aliphatic rings. The normalized spacial score (nSPS) is 25.8. The number of hydrogen-bond acceptors (Lipinski definition) is 6. The fourth-order valence-corrected chi connectivity index (χ4v) is 24.1. The van der Waals surface area contributed by atoms with Gasteiger partial charge >= 0.3 is 0 Å². The topological polar surface area (TPSA) is 19.4 Å². The largest absolute Gasteiger partial charge is 0.368 e. The Hall–Kier alpha value is -5.88. The van der Waals surface area contributed by atoms with E-state index in [1.165, 1.54) is 61.3 Å². The SMILES string of the molecule is C.C.C.C.C.C.C.C.C.C.C.C.CC.CC.CC.CC.CC.CC.CC.CC.CC.CC.CC.CC.CCN1c2c(ccc3c2C[C@H](C)[C@@H]3C)[C@H](C)[C@@H]1C.CCN1c2c(ccc3c2[C@H](C)[C@H](C)C3)[C@H](C)[C@@H]1C.CCN1c2cc3c(cc2[C@H](C)[C@@H]1C)C[C@@H](C)[C@H]3C.CCN1c2cc3c(cc2[C@H](C)[C@@H]1C)[C@@H](C)[C@@H](C)C3.CCN1c2ccc3c(c2[C@H](C)[C@@H]1C)C[C@@H](C)[C@H]3C.CCN1c2ccc3c(c2[C@H](C)[C@@H]1C)[C@@H](C)[C@@H](C)C3. The molecule has 6 heterocycles. The maximum absolute atomic E-state index is 2.63. The van der Waals surface area contributed by atoms with Crippen molar-refractivity contribution in [2.24, 2.45) is 35.5 Å². The highest BCUT2D eigenvalue weighted by molar-refractivity contribution is 5.74. The van der Waals surface area contributed by atoms with Crippen LogP contribution in [-0.4, -0.2) is 75.5 Å². The molecule has 6 aromatic rings. The van der Waals surface area contributed by atoms with Crippen LogP contribution in [0.1, 0.15) is 634 Å². The Morgan fingerprint density at radius 3 is 0.812 bits per heavy atom. The molecule has 0 unspecified atom stereocenters. The van der Waals surface area contributed by atoms with Gasteiger partial charge in [0.15, 0.2) is 0 Å². The Kier molecular flexibility index (Phi) is 88.8. The summed E-state index contributed by atoms with van der Waals surface area (Å²) in [6.07, 6.45) is 7.64. The van der Waals surface area contributed by atoms with Gasteiger partial charge in [-0.1, -0.05) is 428 Å². The molecular weight excluding hydrogens is 1740 g/mol. The van der Waals surface area contributed by atoms with Crippen LogP contribution in [0.25, 0.3) is 0 Å². The molecule has 144 heavy (non-hydrogen) atoms. The van der Waals surface area contributed by atoms with Gasteiger partial charge < -0.3 is 29.4 Å². The lowest BCUT2D eigenvalue weighted by Crippen LogP contribution is -2.31. The molecule has 852 valence electrons. The summed E-state index contributed by atoms with van der Waals surface area (Å²) in [4.78, 5) is 15.6. The fraction of sp³-hybridized carbons (Fsp3) is 0.739. The van der Waals surface area contributed by atoms with Crippen LogP contribution in [0, 0.1) is 35.5 Å². The number of benzene rings is 6. The maximum Gasteiger partial charge on any atom is 0.0442 e. The molecule has 0 N–H and O–H groups in total. The first-order valence-corrected chi connectivity index (χ1v) is 56.9. The van der Waals surface area contributed by atoms with Crippen LogP contribution in [0.3, 0.4) is 0 Å². The summed E-state index contributed by atoms with van der Waals surface area (Å²) in [5.74, 6) is 13.3. The quantitative estimate of drug-likeness (QED) is 0.164. The third-order valence-corrected chi connectivity index (χ3v) is 33.2. The first kappa shape index (κ1) is 163. The van der Waals surface area contributed by atoms with E-state index in [2.05, 4.69) is 310 Å². The van der Waals surface area contributed by atoms with Crippen LogP contribution < -0.4 is 29.4 Å². The molecule has 0 fully saturated rings. The molecule has 0 saturated carbocycles. The van der Waals surface area contributed by atoms with Crippen molar-refractivity contribution in [1.29, 1.82) is 0 Å². The number of fused-ring (bicyclic) bond motifs is 16. The predicted octanol–water partition coefficient (Wildman–Crippen LogP) is 45.8. The molecule has 0 bridgehead atoms. The van der Waals surface area contributed by atoms with Gasteiger partial charge in [0, 0.05) is 145 Å². The van der Waals surface area contributed by atoms with Crippen molar-refractivity contribution in [2.75, 3.05) is 68.7 Å². The maximum atomic E-state index is 2.63. The number of anilines is 6. The number of hydrogen-bond donors (Lipinski definition) is 0. The number of nitrogens with zero attached hydrogens (tertiary/aromatic N) is 6. The van der Waals surface area contributed by atoms with E-state index >= 15 is 0 Å². The Labute approximate surface area is 914 Å². The van der Waals surface area contributed by atoms with E-state index < -0.39 is 0 Å². The number of likely N-dealkylation sites (N-methyl/N-ethyl adjacent to an activating group) is 6. The Balaban J connectivity index is -0.000000137. The van der Waals surface area contributed by atoms with Crippen molar-refractivity contribution in [3.8, 4) is 0 Å². The smallest absolute Gasteiger partial charge is 0.0442 e. The van der Waals surface area contributed by atoms with Gasteiger partial charge in [0.1, 0.15) is 0 Å². The van der Waals surface area contributed by atoms with Gasteiger partial charge in [-0.05, 0) is 317 Å². The van der Waals surface area contributed by atoms with E-state index in [0.29, 0.717) is 71.8 Å². The van der Waals surface area contributed by atoms with Crippen molar-refractivity contribution in [3.63, 3.8) is 0 Å². The number of rotatable bonds is 6. The molecule has 6 aliphatic carbocycles. The standard InChI is InChI=1S/6C17H25N.12C2H6.12CH4/c1-6-18-13(5)12(4)16-9-15-11(3)10(2)7-14(15)8-17(16)18;1-6-18-13(5)12(4)16-8-14-7-10(2)11(3)15(14)9-17(16)18;1-6-18-13(5)12(4)17-15-9-10(2)11(3)14(15)7-8-16(17)18;1-6-18-13(5)12(4)15-8-7-14-11(3)10(2)9-16(14)17(15)18;1-6-18-13(5)12(4)17-15(18)8-7-14-9-10(2)11(3)16(14)17;1-6-18-13(5)12(4)15-8-7-14-9-10(2)11(3)16(14)17(15)18;12*1-2;;;;;;;;;;;;/h2*8-13H,6-7H2,1-5H3;4*7-8,10-13H,6,9H2,1-5H3;12*1-2H3;12*1H4/t10-,11-,12+,13-;2*10-,11-,12-,13+;2*10-,11-,12+,13-;10-,11-,12-,13+;;;;;;;;;;;;;;;;;;;;;;;;/m011001......................../s1. The van der Waals surface area contributed by atoms with Crippen LogP contribution in [-0.2, 0) is 38.5 Å². The zero-order valence-corrected chi connectivity index (χ0v) is 98.0. The van der Waals surface area contributed by atoms with Crippen LogP contribution in [0.2, 0.25) is 0 Å². The van der Waals surface area contributed by atoms with E-state index in [1.54, 1.807) is 112 Å². The lowest BCUT2D eigenvalue weighted by atomic mass is 9.87. The summed E-state index contributed by atoms with van der Waals surface area (Å²) in [5, 5.41) is 0. The molecule has 0 amide bonds. The molecule has 6 nitrogen and oxygen atoms in total. The molecule has 6 aliphatic heterocycles. The summed E-state index contributed by atoms with van der Waals surface area (Å²) >= 11 is 0. The minimum Gasteiger partial charge on any atom is -0.368 e. The first-order chi connectivity index (χ1) is 63.3. The second-order valence-electron chi connectivity index (χ2n) is 38.2. The zero-order valence-electron chi connectivity index (χ0n) is 98.0. The van der Waals surface area contributed by atoms with Crippen LogP contribution in [0.5, 0.6) is 0 Å². The van der Waals surface area contributed by atoms with Crippen molar-refractivity contribution >= 4 is 34.1 Å². The Morgan fingerprint density at radius 2 is 0.410 bits per heavy atom. The second kappa shape index (κ2) is 78.3. The molecule has 0 spiro atoms. The third-order valence-electron chi connectivity index (χ3n) is 33.2. The van der Waals surface area contributed by atoms with Gasteiger partial charge in [0.2, 0.25) is 0 Å². The van der Waals surface area contributed by atoms with Crippen LogP contribution >= 0.6 is 0 Å². The third kappa shape index (κ3) is 33.1. The monoisotopic (exact) mass is 2010 g/mol. The molecule has 24 atom stereocenters.